The summed E-state index contributed by atoms with van der Waals surface area (Å²) in [6, 6.07) is 3.50. The van der Waals surface area contributed by atoms with Crippen molar-refractivity contribution >= 4 is 23.3 Å². The molecule has 24 heavy (non-hydrogen) atoms. The second-order valence-corrected chi connectivity index (χ2v) is 6.01. The zero-order valence-electron chi connectivity index (χ0n) is 13.2. The lowest BCUT2D eigenvalue weighted by atomic mass is 9.86. The average molecular weight is 335 g/mol. The summed E-state index contributed by atoms with van der Waals surface area (Å²) in [6.45, 7) is 0. The normalized spacial score (nSPS) is 21.3. The molecule has 0 saturated heterocycles. The van der Waals surface area contributed by atoms with Gasteiger partial charge in [0.15, 0.2) is 0 Å². The molecule has 4 N–H and O–H groups in total. The van der Waals surface area contributed by atoms with Crippen LogP contribution in [0.3, 0.4) is 0 Å². The third-order valence-corrected chi connectivity index (χ3v) is 4.42. The Morgan fingerprint density at radius 3 is 2.50 bits per heavy atom. The minimum Gasteiger partial charge on any atom is -0.481 e. The van der Waals surface area contributed by atoms with Gasteiger partial charge in [-0.15, -0.1) is 0 Å². The van der Waals surface area contributed by atoms with Crippen LogP contribution in [0.2, 0.25) is 0 Å². The van der Waals surface area contributed by atoms with Gasteiger partial charge in [0.1, 0.15) is 5.69 Å². The molecule has 1 aromatic rings. The molecule has 0 radical (unpaired) electrons. The maximum absolute atomic E-state index is 12.5. The highest BCUT2D eigenvalue weighted by Crippen LogP contribution is 2.27. The number of carbonyl (C=O) groups excluding carboxylic acids is 1. The number of amides is 1. The molecule has 130 valence electrons. The fraction of sp³-hybridized carbons (Fsp3) is 0.500. The van der Waals surface area contributed by atoms with E-state index in [1.54, 1.807) is 0 Å². The Morgan fingerprint density at radius 1 is 1.21 bits per heavy atom. The Balaban J connectivity index is 2.21. The highest BCUT2D eigenvalue weighted by atomic mass is 16.6. The maximum Gasteiger partial charge on any atom is 0.308 e. The molecule has 0 heterocycles. The molecular formula is C16H21N3O5. The Bertz CT molecular complexity index is 647. The number of hydrogen-bond acceptors (Lipinski definition) is 5. The van der Waals surface area contributed by atoms with Crippen LogP contribution in [0.1, 0.15) is 48.9 Å². The van der Waals surface area contributed by atoms with Crippen molar-refractivity contribution in [2.24, 2.45) is 5.92 Å². The molecule has 8 nitrogen and oxygen atoms in total. The van der Waals surface area contributed by atoms with E-state index >= 15 is 0 Å². The molecule has 1 amide bonds. The predicted molar refractivity (Wildman–Crippen MR) is 87.6 cm³/mol. The fourth-order valence-electron chi connectivity index (χ4n) is 3.11. The quantitative estimate of drug-likeness (QED) is 0.439. The highest BCUT2D eigenvalue weighted by molar-refractivity contribution is 6.01. The SMILES string of the molecule is Nc1c(C(=O)NC2CCCCCCC2C(=O)O)cccc1[N+](=O)[O-]. The summed E-state index contributed by atoms with van der Waals surface area (Å²) in [5, 5.41) is 23.1. The van der Waals surface area contributed by atoms with Gasteiger partial charge in [-0.3, -0.25) is 19.7 Å². The molecule has 1 saturated carbocycles. The summed E-state index contributed by atoms with van der Waals surface area (Å²) in [7, 11) is 0. The minimum absolute atomic E-state index is 0.00426. The summed E-state index contributed by atoms with van der Waals surface area (Å²) in [5.74, 6) is -2.17. The number of aliphatic carboxylic acids is 1. The monoisotopic (exact) mass is 335 g/mol. The summed E-state index contributed by atoms with van der Waals surface area (Å²) < 4.78 is 0. The van der Waals surface area contributed by atoms with E-state index in [0.717, 1.165) is 25.7 Å². The molecule has 2 unspecified atom stereocenters. The van der Waals surface area contributed by atoms with Crippen LogP contribution in [-0.4, -0.2) is 27.9 Å². The van der Waals surface area contributed by atoms with Crippen molar-refractivity contribution in [3.8, 4) is 0 Å². The van der Waals surface area contributed by atoms with E-state index in [1.165, 1.54) is 18.2 Å². The number of carboxylic acid groups (broad SMARTS) is 1. The van der Waals surface area contributed by atoms with Gasteiger partial charge in [0.2, 0.25) is 0 Å². The first-order valence-corrected chi connectivity index (χ1v) is 7.98. The highest BCUT2D eigenvalue weighted by Gasteiger charge is 2.31. The van der Waals surface area contributed by atoms with Crippen molar-refractivity contribution in [1.82, 2.24) is 5.32 Å². The van der Waals surface area contributed by atoms with Crippen LogP contribution in [-0.2, 0) is 4.79 Å². The van der Waals surface area contributed by atoms with Gasteiger partial charge in [-0.1, -0.05) is 31.7 Å². The molecule has 0 aliphatic heterocycles. The fourth-order valence-corrected chi connectivity index (χ4v) is 3.11. The molecule has 0 spiro atoms. The molecule has 1 aromatic carbocycles. The number of nitrogens with two attached hydrogens (primary N) is 1. The number of hydrogen-bond donors (Lipinski definition) is 3. The van der Waals surface area contributed by atoms with Gasteiger partial charge in [-0.05, 0) is 18.9 Å². The molecule has 0 bridgehead atoms. The van der Waals surface area contributed by atoms with Crippen LogP contribution < -0.4 is 11.1 Å². The summed E-state index contributed by atoms with van der Waals surface area (Å²) >= 11 is 0. The Labute approximate surface area is 139 Å². The number of rotatable bonds is 4. The van der Waals surface area contributed by atoms with Crippen LogP contribution in [0.4, 0.5) is 11.4 Å². The Morgan fingerprint density at radius 2 is 1.88 bits per heavy atom. The zero-order valence-corrected chi connectivity index (χ0v) is 13.2. The molecule has 2 rings (SSSR count). The van der Waals surface area contributed by atoms with E-state index in [4.69, 9.17) is 5.73 Å². The lowest BCUT2D eigenvalue weighted by Gasteiger charge is -2.27. The van der Waals surface area contributed by atoms with E-state index in [-0.39, 0.29) is 16.9 Å². The van der Waals surface area contributed by atoms with Gasteiger partial charge >= 0.3 is 5.97 Å². The van der Waals surface area contributed by atoms with Gasteiger partial charge in [0.25, 0.3) is 11.6 Å². The van der Waals surface area contributed by atoms with E-state index in [1.807, 2.05) is 0 Å². The van der Waals surface area contributed by atoms with Crippen LogP contribution in [0.15, 0.2) is 18.2 Å². The number of nitrogens with one attached hydrogen (secondary N) is 1. The van der Waals surface area contributed by atoms with Gasteiger partial charge in [0, 0.05) is 12.1 Å². The Kier molecular flexibility index (Phi) is 5.73. The first kappa shape index (κ1) is 17.7. The number of nitro groups is 1. The van der Waals surface area contributed by atoms with Crippen molar-refractivity contribution in [3.05, 3.63) is 33.9 Å². The lowest BCUT2D eigenvalue weighted by molar-refractivity contribution is -0.383. The number of anilines is 1. The second-order valence-electron chi connectivity index (χ2n) is 6.01. The van der Waals surface area contributed by atoms with Gasteiger partial charge in [-0.2, -0.15) is 0 Å². The van der Waals surface area contributed by atoms with E-state index in [2.05, 4.69) is 5.32 Å². The smallest absolute Gasteiger partial charge is 0.308 e. The van der Waals surface area contributed by atoms with Crippen LogP contribution in [0.25, 0.3) is 0 Å². The number of para-hydroxylation sites is 1. The molecule has 1 aliphatic rings. The van der Waals surface area contributed by atoms with E-state index < -0.39 is 28.8 Å². The number of carboxylic acids is 1. The predicted octanol–water partition coefficient (Wildman–Crippen LogP) is 2.33. The Hall–Kier alpha value is -2.64. The van der Waals surface area contributed by atoms with Gasteiger partial charge in [0.05, 0.1) is 16.4 Å². The number of nitro benzene ring substituents is 1. The minimum atomic E-state index is -0.936. The summed E-state index contributed by atoms with van der Waals surface area (Å²) in [4.78, 5) is 34.2. The largest absolute Gasteiger partial charge is 0.481 e. The third-order valence-electron chi connectivity index (χ3n) is 4.42. The standard InChI is InChI=1S/C16H21N3O5/c17-14-11(7-5-9-13(14)19(23)24)15(20)18-12-8-4-2-1-3-6-10(12)16(21)22/h5,7,9-10,12H,1-4,6,8,17H2,(H,18,20)(H,21,22). The second kappa shape index (κ2) is 7.76. The molecule has 1 fully saturated rings. The molecule has 2 atom stereocenters. The topological polar surface area (TPSA) is 136 Å². The van der Waals surface area contributed by atoms with Crippen molar-refractivity contribution in [2.75, 3.05) is 5.73 Å². The molecule has 8 heteroatoms. The molecular weight excluding hydrogens is 314 g/mol. The van der Waals surface area contributed by atoms with Crippen molar-refractivity contribution < 1.29 is 19.6 Å². The molecule has 1 aliphatic carbocycles. The average Bonchev–Trinajstić information content (AvgIpc) is 2.49. The van der Waals surface area contributed by atoms with Crippen molar-refractivity contribution in [1.29, 1.82) is 0 Å². The summed E-state index contributed by atoms with van der Waals surface area (Å²) in [6.07, 6.45) is 4.70. The maximum atomic E-state index is 12.5. The van der Waals surface area contributed by atoms with E-state index in [9.17, 15) is 24.8 Å². The number of nitrogens with zero attached hydrogens (tertiary/aromatic N) is 1. The number of benzene rings is 1. The molecule has 0 aromatic heterocycles. The van der Waals surface area contributed by atoms with Gasteiger partial charge in [-0.25, -0.2) is 0 Å². The first-order valence-electron chi connectivity index (χ1n) is 7.98. The van der Waals surface area contributed by atoms with Crippen LogP contribution in [0, 0.1) is 16.0 Å². The number of carbonyl (C=O) groups is 2. The summed E-state index contributed by atoms with van der Waals surface area (Å²) in [5.41, 5.74) is 5.17. The van der Waals surface area contributed by atoms with E-state index in [0.29, 0.717) is 12.8 Å². The van der Waals surface area contributed by atoms with Crippen molar-refractivity contribution in [2.45, 2.75) is 44.6 Å². The lowest BCUT2D eigenvalue weighted by Crippen LogP contribution is -2.44. The van der Waals surface area contributed by atoms with Crippen molar-refractivity contribution in [3.63, 3.8) is 0 Å². The number of nitrogen functional groups attached to an aromatic ring is 1. The van der Waals surface area contributed by atoms with Crippen LogP contribution >= 0.6 is 0 Å². The first-order chi connectivity index (χ1) is 11.4. The third kappa shape index (κ3) is 4.01. The van der Waals surface area contributed by atoms with Crippen LogP contribution in [0.5, 0.6) is 0 Å². The van der Waals surface area contributed by atoms with Gasteiger partial charge < -0.3 is 16.2 Å². The zero-order chi connectivity index (χ0) is 17.7.